The molecule has 2 rings (SSSR count). The summed E-state index contributed by atoms with van der Waals surface area (Å²) >= 11 is 0. The van der Waals surface area contributed by atoms with Crippen molar-refractivity contribution in [3.05, 3.63) is 35.9 Å². The molecule has 2 N–H and O–H groups in total. The van der Waals surface area contributed by atoms with E-state index in [1.165, 1.54) is 0 Å². The lowest BCUT2D eigenvalue weighted by molar-refractivity contribution is -0.139. The zero-order valence-electron chi connectivity index (χ0n) is 19.7. The number of aliphatic hydroxyl groups excluding tert-OH is 2. The summed E-state index contributed by atoms with van der Waals surface area (Å²) < 4.78 is 19.0. The van der Waals surface area contributed by atoms with Crippen molar-refractivity contribution in [2.75, 3.05) is 13.2 Å². The molecule has 5 nitrogen and oxygen atoms in total. The highest BCUT2D eigenvalue weighted by Crippen LogP contribution is 2.43. The number of benzene rings is 1. The van der Waals surface area contributed by atoms with Gasteiger partial charge < -0.3 is 24.1 Å². The van der Waals surface area contributed by atoms with Crippen LogP contribution in [0, 0.1) is 0 Å². The largest absolute Gasteiger partial charge is 0.409 e. The highest BCUT2D eigenvalue weighted by molar-refractivity contribution is 6.74. The standard InChI is InChI=1S/C24H42O5Si/c1-23(2,3)30(5,6)29-24(4)15-14-20(26)21(17-25)28-22(24)13-10-16-27-18-19-11-8-7-9-12-19/h7-9,11-12,20-22,25-26H,10,13-18H2,1-6H3/t20-,21+,22-,24+/m1/s1. The van der Waals surface area contributed by atoms with Gasteiger partial charge in [-0.25, -0.2) is 0 Å². The number of ether oxygens (including phenoxy) is 2. The van der Waals surface area contributed by atoms with Gasteiger partial charge in [0.15, 0.2) is 8.32 Å². The second-order valence-corrected chi connectivity index (χ2v) is 15.0. The summed E-state index contributed by atoms with van der Waals surface area (Å²) in [6, 6.07) is 10.2. The first-order valence-electron chi connectivity index (χ1n) is 11.2. The fraction of sp³-hybridized carbons (Fsp3) is 0.750. The van der Waals surface area contributed by atoms with Crippen LogP contribution in [-0.2, 0) is 20.5 Å². The van der Waals surface area contributed by atoms with Gasteiger partial charge in [0.2, 0.25) is 0 Å². The van der Waals surface area contributed by atoms with Crippen molar-refractivity contribution in [1.29, 1.82) is 0 Å². The molecule has 30 heavy (non-hydrogen) atoms. The van der Waals surface area contributed by atoms with E-state index in [9.17, 15) is 10.2 Å². The van der Waals surface area contributed by atoms with Gasteiger partial charge in [-0.1, -0.05) is 51.1 Å². The third-order valence-electron chi connectivity index (χ3n) is 6.73. The molecule has 0 bridgehead atoms. The Balaban J connectivity index is 2.03. The highest BCUT2D eigenvalue weighted by atomic mass is 28.4. The Morgan fingerprint density at radius 1 is 1.20 bits per heavy atom. The first-order chi connectivity index (χ1) is 14.0. The van der Waals surface area contributed by atoms with E-state index in [-0.39, 0.29) is 17.7 Å². The molecule has 1 aliphatic rings. The van der Waals surface area contributed by atoms with Crippen LogP contribution in [0.1, 0.15) is 58.9 Å². The van der Waals surface area contributed by atoms with Crippen LogP contribution in [0.3, 0.4) is 0 Å². The summed E-state index contributed by atoms with van der Waals surface area (Å²) in [4.78, 5) is 0. The number of rotatable bonds is 9. The van der Waals surface area contributed by atoms with Gasteiger partial charge in [0, 0.05) is 6.61 Å². The minimum Gasteiger partial charge on any atom is -0.409 e. The Labute approximate surface area is 183 Å². The van der Waals surface area contributed by atoms with Gasteiger partial charge in [-0.3, -0.25) is 0 Å². The zero-order chi connectivity index (χ0) is 22.4. The minimum atomic E-state index is -2.04. The second-order valence-electron chi connectivity index (χ2n) is 10.3. The van der Waals surface area contributed by atoms with E-state index < -0.39 is 26.1 Å². The molecule has 0 aromatic heterocycles. The van der Waals surface area contributed by atoms with Crippen LogP contribution in [-0.4, -0.2) is 55.7 Å². The number of hydrogen-bond donors (Lipinski definition) is 2. The van der Waals surface area contributed by atoms with Crippen molar-refractivity contribution < 1.29 is 24.1 Å². The first kappa shape index (κ1) is 25.5. The van der Waals surface area contributed by atoms with Gasteiger partial charge in [-0.2, -0.15) is 0 Å². The van der Waals surface area contributed by atoms with Gasteiger partial charge in [-0.15, -0.1) is 0 Å². The average molecular weight is 439 g/mol. The third-order valence-corrected chi connectivity index (χ3v) is 11.3. The van der Waals surface area contributed by atoms with Gasteiger partial charge in [0.1, 0.15) is 6.10 Å². The van der Waals surface area contributed by atoms with Crippen molar-refractivity contribution in [2.45, 2.75) is 102 Å². The van der Waals surface area contributed by atoms with Crippen LogP contribution in [0.25, 0.3) is 0 Å². The van der Waals surface area contributed by atoms with Crippen molar-refractivity contribution >= 4 is 8.32 Å². The maximum Gasteiger partial charge on any atom is 0.192 e. The summed E-state index contributed by atoms with van der Waals surface area (Å²) in [5.74, 6) is 0. The fourth-order valence-electron chi connectivity index (χ4n) is 3.75. The topological polar surface area (TPSA) is 68.2 Å². The van der Waals surface area contributed by atoms with Crippen molar-refractivity contribution in [3.63, 3.8) is 0 Å². The van der Waals surface area contributed by atoms with E-state index in [1.54, 1.807) is 0 Å². The molecular formula is C24H42O5Si. The molecule has 1 aliphatic heterocycles. The molecule has 0 aliphatic carbocycles. The maximum absolute atomic E-state index is 10.4. The summed E-state index contributed by atoms with van der Waals surface area (Å²) in [7, 11) is -2.04. The lowest BCUT2D eigenvalue weighted by Gasteiger charge is -2.47. The second kappa shape index (κ2) is 10.7. The first-order valence-corrected chi connectivity index (χ1v) is 14.2. The van der Waals surface area contributed by atoms with E-state index in [2.05, 4.69) is 52.9 Å². The average Bonchev–Trinajstić information content (AvgIpc) is 2.78. The Morgan fingerprint density at radius 2 is 1.87 bits per heavy atom. The lowest BCUT2D eigenvalue weighted by Crippen LogP contribution is -2.54. The van der Waals surface area contributed by atoms with E-state index in [0.717, 1.165) is 18.4 Å². The molecule has 1 aromatic rings. The summed E-state index contributed by atoms with van der Waals surface area (Å²) in [5, 5.41) is 20.3. The van der Waals surface area contributed by atoms with Crippen LogP contribution in [0.2, 0.25) is 18.1 Å². The molecule has 0 amide bonds. The summed E-state index contributed by atoms with van der Waals surface area (Å²) in [6.07, 6.45) is 1.46. The Hall–Kier alpha value is -0.763. The molecule has 1 saturated heterocycles. The van der Waals surface area contributed by atoms with Gasteiger partial charge in [0.05, 0.1) is 31.0 Å². The van der Waals surface area contributed by atoms with Gasteiger partial charge >= 0.3 is 0 Å². The van der Waals surface area contributed by atoms with Crippen molar-refractivity contribution in [2.24, 2.45) is 0 Å². The molecular weight excluding hydrogens is 396 g/mol. The number of aliphatic hydroxyl groups is 2. The normalized spacial score (nSPS) is 28.3. The molecule has 0 unspecified atom stereocenters. The quantitative estimate of drug-likeness (QED) is 0.433. The number of hydrogen-bond acceptors (Lipinski definition) is 5. The predicted octanol–water partition coefficient (Wildman–Crippen LogP) is 4.66. The SMILES string of the molecule is CC(C)(C)[Si](C)(C)O[C@@]1(C)CC[C@@H](O)[C@H](CO)O[C@@H]1CCCOCc1ccccc1. The van der Waals surface area contributed by atoms with Crippen LogP contribution >= 0.6 is 0 Å². The molecule has 0 radical (unpaired) electrons. The highest BCUT2D eigenvalue weighted by Gasteiger charge is 2.48. The zero-order valence-corrected chi connectivity index (χ0v) is 20.7. The molecule has 1 heterocycles. The fourth-order valence-corrected chi connectivity index (χ4v) is 5.46. The lowest BCUT2D eigenvalue weighted by atomic mass is 9.90. The Kier molecular flexibility index (Phi) is 9.10. The smallest absolute Gasteiger partial charge is 0.192 e. The molecule has 172 valence electrons. The van der Waals surface area contributed by atoms with E-state index in [4.69, 9.17) is 13.9 Å². The summed E-state index contributed by atoms with van der Waals surface area (Å²) in [6.45, 7) is 14.4. The van der Waals surface area contributed by atoms with Crippen molar-refractivity contribution in [1.82, 2.24) is 0 Å². The van der Waals surface area contributed by atoms with E-state index >= 15 is 0 Å². The maximum atomic E-state index is 10.4. The molecule has 1 fully saturated rings. The molecule has 6 heteroatoms. The molecule has 0 saturated carbocycles. The summed E-state index contributed by atoms with van der Waals surface area (Å²) in [5.41, 5.74) is 0.672. The van der Waals surface area contributed by atoms with Crippen LogP contribution in [0.5, 0.6) is 0 Å². The van der Waals surface area contributed by atoms with Crippen molar-refractivity contribution in [3.8, 4) is 0 Å². The van der Waals surface area contributed by atoms with Crippen LogP contribution in [0.4, 0.5) is 0 Å². The van der Waals surface area contributed by atoms with Gasteiger partial charge in [-0.05, 0) is 56.3 Å². The van der Waals surface area contributed by atoms with Crippen LogP contribution in [0.15, 0.2) is 30.3 Å². The molecule has 0 spiro atoms. The monoisotopic (exact) mass is 438 g/mol. The Bertz CT molecular complexity index is 630. The van der Waals surface area contributed by atoms with E-state index in [0.29, 0.717) is 26.1 Å². The van der Waals surface area contributed by atoms with E-state index in [1.807, 2.05) is 18.2 Å². The predicted molar refractivity (Wildman–Crippen MR) is 123 cm³/mol. The molecule has 1 aromatic carbocycles. The van der Waals surface area contributed by atoms with Crippen LogP contribution < -0.4 is 0 Å². The Morgan fingerprint density at radius 3 is 2.47 bits per heavy atom. The third kappa shape index (κ3) is 6.87. The minimum absolute atomic E-state index is 0.0840. The molecule has 4 atom stereocenters. The van der Waals surface area contributed by atoms with Gasteiger partial charge in [0.25, 0.3) is 0 Å².